The molecule has 0 saturated heterocycles. The molecular formula is C12H14N2O2S. The predicted octanol–water partition coefficient (Wildman–Crippen LogP) is 3.42. The van der Waals surface area contributed by atoms with Gasteiger partial charge in [0, 0.05) is 10.9 Å². The van der Waals surface area contributed by atoms with Crippen LogP contribution < -0.4 is 5.32 Å². The summed E-state index contributed by atoms with van der Waals surface area (Å²) in [6.45, 7) is 5.97. The third kappa shape index (κ3) is 2.55. The highest BCUT2D eigenvalue weighted by molar-refractivity contribution is 7.14. The molecule has 0 atom stereocenters. The molecule has 2 rings (SSSR count). The molecule has 1 N–H and O–H groups in total. The van der Waals surface area contributed by atoms with E-state index in [0.717, 1.165) is 11.3 Å². The van der Waals surface area contributed by atoms with Crippen molar-refractivity contribution in [1.82, 2.24) is 4.98 Å². The summed E-state index contributed by atoms with van der Waals surface area (Å²) in [5, 5.41) is 5.29. The van der Waals surface area contributed by atoms with Gasteiger partial charge >= 0.3 is 0 Å². The normalized spacial score (nSPS) is 10.8. The standard InChI is InChI=1S/C12H14N2O2S/c1-7(2)9-6-17-12(13-9)14-11(15)10-8(3)4-5-16-10/h4-7H,1-3H3,(H,13,14,15). The van der Waals surface area contributed by atoms with Gasteiger partial charge in [-0.2, -0.15) is 0 Å². The molecule has 0 aliphatic heterocycles. The molecule has 0 spiro atoms. The van der Waals surface area contributed by atoms with Crippen LogP contribution in [0.2, 0.25) is 0 Å². The SMILES string of the molecule is Cc1ccoc1C(=O)Nc1nc(C(C)C)cs1. The van der Waals surface area contributed by atoms with Crippen LogP contribution in [0, 0.1) is 6.92 Å². The maximum Gasteiger partial charge on any atom is 0.293 e. The van der Waals surface area contributed by atoms with Gasteiger partial charge in [-0.3, -0.25) is 10.1 Å². The van der Waals surface area contributed by atoms with Crippen LogP contribution in [0.3, 0.4) is 0 Å². The lowest BCUT2D eigenvalue weighted by Crippen LogP contribution is -2.11. The fraction of sp³-hybridized carbons (Fsp3) is 0.333. The summed E-state index contributed by atoms with van der Waals surface area (Å²) in [5.74, 6) is 0.450. The molecule has 0 aromatic carbocycles. The number of rotatable bonds is 3. The number of hydrogen-bond acceptors (Lipinski definition) is 4. The largest absolute Gasteiger partial charge is 0.459 e. The van der Waals surface area contributed by atoms with E-state index in [4.69, 9.17) is 4.42 Å². The molecule has 2 aromatic rings. The van der Waals surface area contributed by atoms with Gasteiger partial charge in [0.05, 0.1) is 12.0 Å². The van der Waals surface area contributed by atoms with Crippen molar-refractivity contribution in [1.29, 1.82) is 0 Å². The van der Waals surface area contributed by atoms with E-state index in [2.05, 4.69) is 24.1 Å². The minimum atomic E-state index is -0.253. The first-order valence-corrected chi connectivity index (χ1v) is 6.26. The molecule has 4 nitrogen and oxygen atoms in total. The Morgan fingerprint density at radius 3 is 2.82 bits per heavy atom. The van der Waals surface area contributed by atoms with Gasteiger partial charge in [0.1, 0.15) is 0 Å². The quantitative estimate of drug-likeness (QED) is 0.908. The van der Waals surface area contributed by atoms with Crippen molar-refractivity contribution in [2.24, 2.45) is 0 Å². The van der Waals surface area contributed by atoms with Gasteiger partial charge < -0.3 is 4.42 Å². The number of furan rings is 1. The molecule has 2 aromatic heterocycles. The van der Waals surface area contributed by atoms with E-state index in [1.807, 2.05) is 12.3 Å². The van der Waals surface area contributed by atoms with Crippen LogP contribution in [-0.2, 0) is 0 Å². The second-order valence-corrected chi connectivity index (χ2v) is 4.98. The third-order valence-corrected chi connectivity index (χ3v) is 3.18. The van der Waals surface area contributed by atoms with Gasteiger partial charge in [0.25, 0.3) is 5.91 Å². The third-order valence-electron chi connectivity index (χ3n) is 2.40. The highest BCUT2D eigenvalue weighted by Gasteiger charge is 2.14. The predicted molar refractivity (Wildman–Crippen MR) is 67.6 cm³/mol. The van der Waals surface area contributed by atoms with E-state index >= 15 is 0 Å². The molecule has 17 heavy (non-hydrogen) atoms. The summed E-state index contributed by atoms with van der Waals surface area (Å²) in [6, 6.07) is 1.76. The number of aryl methyl sites for hydroxylation is 1. The zero-order valence-electron chi connectivity index (χ0n) is 9.98. The Morgan fingerprint density at radius 1 is 1.53 bits per heavy atom. The first-order valence-electron chi connectivity index (χ1n) is 5.39. The molecule has 0 unspecified atom stereocenters. The van der Waals surface area contributed by atoms with Crippen molar-refractivity contribution in [2.45, 2.75) is 26.7 Å². The van der Waals surface area contributed by atoms with Gasteiger partial charge in [0.15, 0.2) is 10.9 Å². The van der Waals surface area contributed by atoms with Gasteiger partial charge in [-0.05, 0) is 18.9 Å². The Kier molecular flexibility index (Phi) is 3.28. The van der Waals surface area contributed by atoms with Crippen molar-refractivity contribution < 1.29 is 9.21 Å². The number of hydrogen-bond donors (Lipinski definition) is 1. The number of amides is 1. The summed E-state index contributed by atoms with van der Waals surface area (Å²) in [4.78, 5) is 16.2. The van der Waals surface area contributed by atoms with E-state index in [-0.39, 0.29) is 5.91 Å². The van der Waals surface area contributed by atoms with Crippen molar-refractivity contribution >= 4 is 22.4 Å². The maximum absolute atomic E-state index is 11.8. The molecule has 5 heteroatoms. The molecule has 2 heterocycles. The number of carbonyl (C=O) groups excluding carboxylic acids is 1. The van der Waals surface area contributed by atoms with Crippen LogP contribution in [0.1, 0.15) is 41.6 Å². The average molecular weight is 250 g/mol. The van der Waals surface area contributed by atoms with Crippen LogP contribution in [0.15, 0.2) is 22.1 Å². The highest BCUT2D eigenvalue weighted by Crippen LogP contribution is 2.22. The van der Waals surface area contributed by atoms with Crippen molar-refractivity contribution in [2.75, 3.05) is 5.32 Å². The average Bonchev–Trinajstić information content (AvgIpc) is 2.86. The number of thiazole rings is 1. The second-order valence-electron chi connectivity index (χ2n) is 4.12. The van der Waals surface area contributed by atoms with Gasteiger partial charge in [-0.15, -0.1) is 11.3 Å². The Bertz CT molecular complexity index is 528. The van der Waals surface area contributed by atoms with Gasteiger partial charge in [-0.25, -0.2) is 4.98 Å². The van der Waals surface area contributed by atoms with Crippen molar-refractivity contribution in [3.63, 3.8) is 0 Å². The smallest absolute Gasteiger partial charge is 0.293 e. The van der Waals surface area contributed by atoms with Crippen LogP contribution in [0.25, 0.3) is 0 Å². The Hall–Kier alpha value is -1.62. The Balaban J connectivity index is 2.11. The van der Waals surface area contributed by atoms with Crippen LogP contribution in [0.4, 0.5) is 5.13 Å². The Morgan fingerprint density at radius 2 is 2.29 bits per heavy atom. The monoisotopic (exact) mass is 250 g/mol. The molecule has 0 bridgehead atoms. The van der Waals surface area contributed by atoms with Crippen LogP contribution in [0.5, 0.6) is 0 Å². The summed E-state index contributed by atoms with van der Waals surface area (Å²) in [6.07, 6.45) is 1.51. The number of nitrogens with zero attached hydrogens (tertiary/aromatic N) is 1. The summed E-state index contributed by atoms with van der Waals surface area (Å²) in [5.41, 5.74) is 1.81. The molecule has 90 valence electrons. The summed E-state index contributed by atoms with van der Waals surface area (Å²) in [7, 11) is 0. The minimum Gasteiger partial charge on any atom is -0.459 e. The molecular weight excluding hydrogens is 236 g/mol. The highest BCUT2D eigenvalue weighted by atomic mass is 32.1. The first-order chi connectivity index (χ1) is 8.08. The molecule has 0 fully saturated rings. The van der Waals surface area contributed by atoms with Gasteiger partial charge in [0.2, 0.25) is 0 Å². The molecule has 0 saturated carbocycles. The first kappa shape index (κ1) is 11.9. The lowest BCUT2D eigenvalue weighted by atomic mass is 10.2. The summed E-state index contributed by atoms with van der Waals surface area (Å²) < 4.78 is 5.12. The maximum atomic E-state index is 11.8. The van der Waals surface area contributed by atoms with Crippen molar-refractivity contribution in [3.8, 4) is 0 Å². The fourth-order valence-corrected chi connectivity index (χ4v) is 2.23. The van der Waals surface area contributed by atoms with E-state index in [1.165, 1.54) is 17.6 Å². The van der Waals surface area contributed by atoms with E-state index in [1.54, 1.807) is 6.07 Å². The zero-order chi connectivity index (χ0) is 12.4. The molecule has 1 amide bonds. The number of aromatic nitrogens is 1. The van der Waals surface area contributed by atoms with E-state index in [0.29, 0.717) is 16.8 Å². The topological polar surface area (TPSA) is 55.1 Å². The Labute approximate surface area is 104 Å². The fourth-order valence-electron chi connectivity index (χ4n) is 1.37. The number of carbonyl (C=O) groups is 1. The molecule has 0 aliphatic carbocycles. The van der Waals surface area contributed by atoms with Crippen LogP contribution >= 0.6 is 11.3 Å². The lowest BCUT2D eigenvalue weighted by molar-refractivity contribution is 0.0996. The van der Waals surface area contributed by atoms with E-state index in [9.17, 15) is 4.79 Å². The zero-order valence-corrected chi connectivity index (χ0v) is 10.8. The summed E-state index contributed by atoms with van der Waals surface area (Å²) >= 11 is 1.42. The lowest BCUT2D eigenvalue weighted by Gasteiger charge is -2.00. The number of anilines is 1. The second kappa shape index (κ2) is 4.71. The molecule has 0 radical (unpaired) electrons. The minimum absolute atomic E-state index is 0.253. The number of nitrogens with one attached hydrogen (secondary N) is 1. The van der Waals surface area contributed by atoms with E-state index < -0.39 is 0 Å². The van der Waals surface area contributed by atoms with Gasteiger partial charge in [-0.1, -0.05) is 13.8 Å². The molecule has 0 aliphatic rings. The van der Waals surface area contributed by atoms with Crippen molar-refractivity contribution in [3.05, 3.63) is 34.7 Å². The van der Waals surface area contributed by atoms with Crippen LogP contribution in [-0.4, -0.2) is 10.9 Å².